The SMILES string of the molecule is CCOC(=O)Cn1c(=O)n(C2CC3CCCC(C2)N3C2CC3CCCC(C3)C2)c(=O)c2ccccc21. The van der Waals surface area contributed by atoms with Crippen molar-refractivity contribution in [1.29, 1.82) is 0 Å². The predicted molar refractivity (Wildman–Crippen MR) is 139 cm³/mol. The van der Waals surface area contributed by atoms with E-state index in [9.17, 15) is 14.4 Å². The molecule has 0 spiro atoms. The van der Waals surface area contributed by atoms with Gasteiger partial charge in [-0.3, -0.25) is 23.6 Å². The predicted octanol–water partition coefficient (Wildman–Crippen LogP) is 4.25. The zero-order valence-corrected chi connectivity index (χ0v) is 21.4. The van der Waals surface area contributed by atoms with Crippen LogP contribution in [0.15, 0.2) is 33.9 Å². The Balaban J connectivity index is 1.34. The van der Waals surface area contributed by atoms with Crippen molar-refractivity contribution in [3.05, 3.63) is 45.1 Å². The summed E-state index contributed by atoms with van der Waals surface area (Å²) in [6, 6.07) is 8.55. The molecule has 4 bridgehead atoms. The van der Waals surface area contributed by atoms with Crippen LogP contribution in [0, 0.1) is 11.8 Å². The van der Waals surface area contributed by atoms with E-state index in [4.69, 9.17) is 4.74 Å². The van der Waals surface area contributed by atoms with Crippen molar-refractivity contribution >= 4 is 16.9 Å². The number of aromatic nitrogens is 2. The molecule has 2 saturated carbocycles. The van der Waals surface area contributed by atoms with Crippen molar-refractivity contribution in [2.24, 2.45) is 11.8 Å². The number of fused-ring (bicyclic) bond motifs is 5. The van der Waals surface area contributed by atoms with Gasteiger partial charge in [0.2, 0.25) is 0 Å². The molecule has 2 saturated heterocycles. The summed E-state index contributed by atoms with van der Waals surface area (Å²) in [5.41, 5.74) is -0.0990. The maximum atomic E-state index is 13.8. The fourth-order valence-electron chi connectivity index (χ4n) is 8.29. The summed E-state index contributed by atoms with van der Waals surface area (Å²) in [6.07, 6.45) is 13.5. The number of rotatable bonds is 5. The van der Waals surface area contributed by atoms with E-state index in [-0.39, 0.29) is 30.4 Å². The summed E-state index contributed by atoms with van der Waals surface area (Å²) in [7, 11) is 0. The third-order valence-electron chi connectivity index (χ3n) is 9.57. The van der Waals surface area contributed by atoms with Crippen LogP contribution in [-0.2, 0) is 16.1 Å². The topological polar surface area (TPSA) is 73.5 Å². The van der Waals surface area contributed by atoms with Crippen LogP contribution >= 0.6 is 0 Å². The quantitative estimate of drug-likeness (QED) is 0.582. The lowest BCUT2D eigenvalue weighted by atomic mass is 9.68. The number of carbonyl (C=O) groups excluding carboxylic acids is 1. The van der Waals surface area contributed by atoms with Crippen LogP contribution in [0.2, 0.25) is 0 Å². The lowest BCUT2D eigenvalue weighted by Gasteiger charge is -2.55. The molecule has 6 rings (SSSR count). The average molecular weight is 494 g/mol. The third-order valence-corrected chi connectivity index (χ3v) is 9.57. The lowest BCUT2D eigenvalue weighted by molar-refractivity contribution is -0.143. The van der Waals surface area contributed by atoms with Gasteiger partial charge in [-0.05, 0) is 75.8 Å². The van der Waals surface area contributed by atoms with E-state index < -0.39 is 5.97 Å². The van der Waals surface area contributed by atoms with Crippen LogP contribution in [0.5, 0.6) is 0 Å². The Morgan fingerprint density at radius 1 is 0.861 bits per heavy atom. The number of hydrogen-bond donors (Lipinski definition) is 0. The summed E-state index contributed by atoms with van der Waals surface area (Å²) in [5, 5.41) is 0.495. The normalized spacial score (nSPS) is 32.4. The van der Waals surface area contributed by atoms with Crippen LogP contribution in [0.3, 0.4) is 0 Å². The number of carbonyl (C=O) groups is 1. The Morgan fingerprint density at radius 2 is 1.53 bits per heavy atom. The Morgan fingerprint density at radius 3 is 2.22 bits per heavy atom. The summed E-state index contributed by atoms with van der Waals surface area (Å²) in [4.78, 5) is 42.7. The highest BCUT2D eigenvalue weighted by atomic mass is 16.5. The van der Waals surface area contributed by atoms with Crippen molar-refractivity contribution in [3.63, 3.8) is 0 Å². The van der Waals surface area contributed by atoms with E-state index in [1.165, 1.54) is 54.1 Å². The van der Waals surface area contributed by atoms with E-state index in [2.05, 4.69) is 4.90 Å². The number of hydrogen-bond acceptors (Lipinski definition) is 5. The molecule has 2 aliphatic carbocycles. The molecule has 194 valence electrons. The van der Waals surface area contributed by atoms with Crippen molar-refractivity contribution in [3.8, 4) is 0 Å². The highest BCUT2D eigenvalue weighted by Gasteiger charge is 2.45. The monoisotopic (exact) mass is 493 g/mol. The minimum absolute atomic E-state index is 0.127. The highest BCUT2D eigenvalue weighted by Crippen LogP contribution is 2.47. The van der Waals surface area contributed by atoms with Crippen LogP contribution in [-0.4, -0.2) is 44.7 Å². The van der Waals surface area contributed by atoms with Gasteiger partial charge >= 0.3 is 11.7 Å². The van der Waals surface area contributed by atoms with Gasteiger partial charge in [-0.1, -0.05) is 37.8 Å². The molecule has 4 fully saturated rings. The standard InChI is InChI=1S/C29H39N3O4/c1-2-36-27(33)18-30-26-12-4-3-11-25(26)28(34)32(29(30)35)24-16-21-9-6-10-22(17-24)31(21)23-14-19-7-5-8-20(13-19)15-23/h3-4,11-12,19-24H,2,5-10,13-18H2,1H3. The molecule has 2 aliphatic heterocycles. The molecular weight excluding hydrogens is 454 g/mol. The number of piperidine rings is 2. The van der Waals surface area contributed by atoms with Crippen LogP contribution in [0.1, 0.15) is 83.6 Å². The summed E-state index contributed by atoms with van der Waals surface area (Å²) in [6.45, 7) is 1.84. The molecule has 7 heteroatoms. The molecular formula is C29H39N3O4. The first-order valence-corrected chi connectivity index (χ1v) is 14.2. The second kappa shape index (κ2) is 9.81. The maximum absolute atomic E-state index is 13.8. The average Bonchev–Trinajstić information content (AvgIpc) is 2.86. The van der Waals surface area contributed by atoms with E-state index in [1.54, 1.807) is 25.1 Å². The second-order valence-corrected chi connectivity index (χ2v) is 11.7. The fraction of sp³-hybridized carbons (Fsp3) is 0.690. The van der Waals surface area contributed by atoms with Crippen molar-refractivity contribution in [1.82, 2.24) is 14.0 Å². The van der Waals surface area contributed by atoms with Gasteiger partial charge in [-0.2, -0.15) is 0 Å². The summed E-state index contributed by atoms with van der Waals surface area (Å²) >= 11 is 0. The van der Waals surface area contributed by atoms with Gasteiger partial charge in [-0.15, -0.1) is 0 Å². The van der Waals surface area contributed by atoms with Gasteiger partial charge in [0.1, 0.15) is 6.54 Å². The molecule has 0 amide bonds. The van der Waals surface area contributed by atoms with E-state index in [1.807, 2.05) is 6.07 Å². The Kier molecular flexibility index (Phi) is 6.53. The summed E-state index contributed by atoms with van der Waals surface area (Å²) in [5.74, 6) is 1.32. The summed E-state index contributed by atoms with van der Waals surface area (Å²) < 4.78 is 8.08. The minimum Gasteiger partial charge on any atom is -0.465 e. The van der Waals surface area contributed by atoms with Crippen molar-refractivity contribution in [2.45, 2.75) is 108 Å². The van der Waals surface area contributed by atoms with E-state index >= 15 is 0 Å². The molecule has 0 N–H and O–H groups in total. The molecule has 36 heavy (non-hydrogen) atoms. The molecule has 3 heterocycles. The zero-order valence-electron chi connectivity index (χ0n) is 21.4. The number of nitrogens with zero attached hydrogens (tertiary/aromatic N) is 3. The van der Waals surface area contributed by atoms with Gasteiger partial charge in [0.15, 0.2) is 0 Å². The molecule has 4 atom stereocenters. The lowest BCUT2D eigenvalue weighted by Crippen LogP contribution is -2.59. The first-order valence-electron chi connectivity index (χ1n) is 14.2. The minimum atomic E-state index is -0.454. The Labute approximate surface area is 212 Å². The molecule has 2 aromatic rings. The number of para-hydroxylation sites is 1. The largest absolute Gasteiger partial charge is 0.465 e. The fourth-order valence-corrected chi connectivity index (χ4v) is 8.29. The van der Waals surface area contributed by atoms with Gasteiger partial charge in [0, 0.05) is 24.2 Å². The van der Waals surface area contributed by atoms with Gasteiger partial charge in [-0.25, -0.2) is 4.79 Å². The number of benzene rings is 1. The Hall–Kier alpha value is -2.41. The molecule has 4 unspecified atom stereocenters. The third kappa shape index (κ3) is 4.23. The van der Waals surface area contributed by atoms with Gasteiger partial charge in [0.05, 0.1) is 17.5 Å². The maximum Gasteiger partial charge on any atom is 0.332 e. The first kappa shape index (κ1) is 24.0. The van der Waals surface area contributed by atoms with Crippen molar-refractivity contribution < 1.29 is 9.53 Å². The zero-order chi connectivity index (χ0) is 24.8. The smallest absolute Gasteiger partial charge is 0.332 e. The van der Waals surface area contributed by atoms with E-state index in [0.29, 0.717) is 29.0 Å². The Bertz CT molecular complexity index is 1220. The first-order chi connectivity index (χ1) is 17.5. The van der Waals surface area contributed by atoms with Gasteiger partial charge in [0.25, 0.3) is 5.56 Å². The molecule has 0 radical (unpaired) electrons. The van der Waals surface area contributed by atoms with Crippen LogP contribution in [0.4, 0.5) is 0 Å². The molecule has 1 aromatic heterocycles. The second-order valence-electron chi connectivity index (χ2n) is 11.7. The molecule has 7 nitrogen and oxygen atoms in total. The van der Waals surface area contributed by atoms with E-state index in [0.717, 1.165) is 37.5 Å². The van der Waals surface area contributed by atoms with Crippen LogP contribution in [0.25, 0.3) is 10.9 Å². The number of esters is 1. The highest BCUT2D eigenvalue weighted by molar-refractivity contribution is 5.80. The number of ether oxygens (including phenoxy) is 1. The van der Waals surface area contributed by atoms with Gasteiger partial charge < -0.3 is 4.74 Å². The van der Waals surface area contributed by atoms with Crippen LogP contribution < -0.4 is 11.2 Å². The molecule has 1 aromatic carbocycles. The van der Waals surface area contributed by atoms with Crippen molar-refractivity contribution in [2.75, 3.05) is 6.61 Å². The molecule has 4 aliphatic rings.